The minimum Gasteiger partial charge on any atom is -0.368 e. The molecule has 152 valence electrons. The predicted octanol–water partition coefficient (Wildman–Crippen LogP) is 1.08. The van der Waals surface area contributed by atoms with Crippen LogP contribution < -0.4 is 20.9 Å². The van der Waals surface area contributed by atoms with Crippen LogP contribution in [0.1, 0.15) is 0 Å². The quantitative estimate of drug-likeness (QED) is 0.650. The molecule has 1 fully saturated rings. The molecule has 2 aromatic heterocycles. The second kappa shape index (κ2) is 7.61. The van der Waals surface area contributed by atoms with Gasteiger partial charge in [-0.1, -0.05) is 0 Å². The highest BCUT2D eigenvalue weighted by atomic mass is 19.3. The monoisotopic (exact) mass is 402 g/mol. The van der Waals surface area contributed by atoms with Crippen molar-refractivity contribution in [3.8, 4) is 0 Å². The fourth-order valence-electron chi connectivity index (χ4n) is 3.50. The molecule has 0 N–H and O–H groups in total. The molecule has 1 saturated heterocycles. The molecule has 0 bridgehead atoms. The van der Waals surface area contributed by atoms with Gasteiger partial charge in [-0.3, -0.25) is 14.2 Å². The highest BCUT2D eigenvalue weighted by Gasteiger charge is 2.21. The normalized spacial score (nSPS) is 14.8. The van der Waals surface area contributed by atoms with Gasteiger partial charge in [0.1, 0.15) is 0 Å². The van der Waals surface area contributed by atoms with Crippen LogP contribution in [0.25, 0.3) is 10.9 Å². The number of piperazine rings is 1. The highest BCUT2D eigenvalue weighted by molar-refractivity contribution is 5.81. The second-order valence-electron chi connectivity index (χ2n) is 6.94. The van der Waals surface area contributed by atoms with Crippen LogP contribution in [0.15, 0.2) is 46.5 Å². The summed E-state index contributed by atoms with van der Waals surface area (Å²) in [5.74, 6) is 0.439. The molecule has 29 heavy (non-hydrogen) atoms. The Morgan fingerprint density at radius 2 is 1.76 bits per heavy atom. The molecular formula is C19H20F2N6O2. The van der Waals surface area contributed by atoms with Gasteiger partial charge in [-0.25, -0.2) is 18.7 Å². The molecule has 3 heterocycles. The van der Waals surface area contributed by atoms with Crippen LogP contribution in [0.2, 0.25) is 0 Å². The number of anilines is 2. The van der Waals surface area contributed by atoms with Crippen molar-refractivity contribution >= 4 is 22.4 Å². The summed E-state index contributed by atoms with van der Waals surface area (Å²) in [5, 5.41) is 0.313. The van der Waals surface area contributed by atoms with E-state index in [1.807, 2.05) is 4.90 Å². The van der Waals surface area contributed by atoms with E-state index < -0.39 is 18.5 Å². The Morgan fingerprint density at radius 3 is 2.48 bits per heavy atom. The molecule has 1 aliphatic rings. The lowest BCUT2D eigenvalue weighted by molar-refractivity contribution is 0.125. The summed E-state index contributed by atoms with van der Waals surface area (Å²) in [4.78, 5) is 37.1. The number of rotatable bonds is 4. The zero-order valence-electron chi connectivity index (χ0n) is 15.8. The summed E-state index contributed by atoms with van der Waals surface area (Å²) in [6.45, 7) is 1.95. The maximum Gasteiger partial charge on any atom is 0.293 e. The molecule has 0 saturated carbocycles. The largest absolute Gasteiger partial charge is 0.368 e. The molecule has 1 aromatic carbocycles. The second-order valence-corrected chi connectivity index (χ2v) is 6.94. The summed E-state index contributed by atoms with van der Waals surface area (Å²) in [7, 11) is 1.70. The van der Waals surface area contributed by atoms with Gasteiger partial charge in [0.2, 0.25) is 0 Å². The van der Waals surface area contributed by atoms with Crippen LogP contribution >= 0.6 is 0 Å². The number of hydrogen-bond acceptors (Lipinski definition) is 6. The Morgan fingerprint density at radius 1 is 1.03 bits per heavy atom. The molecule has 0 amide bonds. The minimum absolute atomic E-state index is 0.129. The predicted molar refractivity (Wildman–Crippen MR) is 106 cm³/mol. The standard InChI is InChI=1S/C19H20F2N6O2/c1-24-5-4-22-17(19(24)29)26-8-6-25(7-9-26)13-2-3-14-15(10-13)23-12-27(18(14)28)11-16(20)21/h2-5,10,12,16H,6-9,11H2,1H3. The third kappa shape index (κ3) is 3.69. The molecule has 3 aromatic rings. The summed E-state index contributed by atoms with van der Waals surface area (Å²) in [6, 6.07) is 5.22. The van der Waals surface area contributed by atoms with Gasteiger partial charge >= 0.3 is 0 Å². The van der Waals surface area contributed by atoms with Crippen molar-refractivity contribution in [2.75, 3.05) is 36.0 Å². The van der Waals surface area contributed by atoms with Crippen LogP contribution in [-0.4, -0.2) is 51.7 Å². The Bertz CT molecular complexity index is 1150. The Labute approximate surface area is 164 Å². The molecule has 4 rings (SSSR count). The van der Waals surface area contributed by atoms with Gasteiger partial charge in [-0.15, -0.1) is 0 Å². The maximum atomic E-state index is 12.6. The van der Waals surface area contributed by atoms with E-state index in [0.717, 1.165) is 16.6 Å². The van der Waals surface area contributed by atoms with Gasteiger partial charge in [0.05, 0.1) is 23.8 Å². The van der Waals surface area contributed by atoms with Gasteiger partial charge in [-0.05, 0) is 18.2 Å². The molecule has 0 radical (unpaired) electrons. The van der Waals surface area contributed by atoms with Crippen molar-refractivity contribution in [3.63, 3.8) is 0 Å². The van der Waals surface area contributed by atoms with Crippen molar-refractivity contribution < 1.29 is 8.78 Å². The summed E-state index contributed by atoms with van der Waals surface area (Å²) in [6.07, 6.45) is 1.78. The lowest BCUT2D eigenvalue weighted by atomic mass is 10.2. The third-order valence-corrected chi connectivity index (χ3v) is 5.09. The van der Waals surface area contributed by atoms with E-state index in [9.17, 15) is 18.4 Å². The number of aromatic nitrogens is 4. The molecule has 1 aliphatic heterocycles. The topological polar surface area (TPSA) is 76.3 Å². The SMILES string of the molecule is Cn1ccnc(N2CCN(c3ccc4c(=O)n(CC(F)F)cnc4c3)CC2)c1=O. The fraction of sp³-hybridized carbons (Fsp3) is 0.368. The Balaban J connectivity index is 1.53. The van der Waals surface area contributed by atoms with Crippen LogP contribution in [0, 0.1) is 0 Å². The fourth-order valence-corrected chi connectivity index (χ4v) is 3.50. The Hall–Kier alpha value is -3.30. The number of benzene rings is 1. The van der Waals surface area contributed by atoms with Crippen molar-refractivity contribution in [3.05, 3.63) is 57.6 Å². The van der Waals surface area contributed by atoms with Crippen LogP contribution in [0.3, 0.4) is 0 Å². The van der Waals surface area contributed by atoms with Crippen LogP contribution in [0.5, 0.6) is 0 Å². The number of hydrogen-bond donors (Lipinski definition) is 0. The van der Waals surface area contributed by atoms with E-state index in [0.29, 0.717) is 42.9 Å². The number of nitrogens with zero attached hydrogens (tertiary/aromatic N) is 6. The molecule has 0 spiro atoms. The van der Waals surface area contributed by atoms with Crippen molar-refractivity contribution in [2.45, 2.75) is 13.0 Å². The van der Waals surface area contributed by atoms with Crippen molar-refractivity contribution in [2.24, 2.45) is 7.05 Å². The van der Waals surface area contributed by atoms with Crippen molar-refractivity contribution in [1.82, 2.24) is 19.1 Å². The van der Waals surface area contributed by atoms with E-state index in [-0.39, 0.29) is 5.56 Å². The first-order valence-corrected chi connectivity index (χ1v) is 9.23. The molecule has 8 nitrogen and oxygen atoms in total. The smallest absolute Gasteiger partial charge is 0.293 e. The lowest BCUT2D eigenvalue weighted by Crippen LogP contribution is -2.48. The van der Waals surface area contributed by atoms with Gasteiger partial charge in [0.25, 0.3) is 17.5 Å². The van der Waals surface area contributed by atoms with E-state index in [4.69, 9.17) is 0 Å². The first kappa shape index (κ1) is 19.0. The average Bonchev–Trinajstić information content (AvgIpc) is 2.72. The molecule has 10 heteroatoms. The molecule has 0 aliphatic carbocycles. The highest BCUT2D eigenvalue weighted by Crippen LogP contribution is 2.21. The van der Waals surface area contributed by atoms with E-state index in [2.05, 4.69) is 14.9 Å². The zero-order chi connectivity index (χ0) is 20.5. The average molecular weight is 402 g/mol. The van der Waals surface area contributed by atoms with E-state index in [1.165, 1.54) is 4.57 Å². The summed E-state index contributed by atoms with van der Waals surface area (Å²) in [5.41, 5.74) is 0.761. The number of halogens is 2. The van der Waals surface area contributed by atoms with Gasteiger partial charge in [0.15, 0.2) is 5.82 Å². The van der Waals surface area contributed by atoms with Crippen LogP contribution in [-0.2, 0) is 13.6 Å². The number of aryl methyl sites for hydroxylation is 1. The lowest BCUT2D eigenvalue weighted by Gasteiger charge is -2.36. The Kier molecular flexibility index (Phi) is 4.99. The number of fused-ring (bicyclic) bond motifs is 1. The first-order valence-electron chi connectivity index (χ1n) is 9.23. The van der Waals surface area contributed by atoms with E-state index >= 15 is 0 Å². The molecular weight excluding hydrogens is 382 g/mol. The van der Waals surface area contributed by atoms with Gasteiger partial charge < -0.3 is 14.4 Å². The zero-order valence-corrected chi connectivity index (χ0v) is 15.8. The van der Waals surface area contributed by atoms with Crippen LogP contribution in [0.4, 0.5) is 20.3 Å². The van der Waals surface area contributed by atoms with Gasteiger partial charge in [0, 0.05) is 51.3 Å². The third-order valence-electron chi connectivity index (χ3n) is 5.09. The molecule has 0 unspecified atom stereocenters. The summed E-state index contributed by atoms with van der Waals surface area (Å²) < 4.78 is 27.6. The van der Waals surface area contributed by atoms with E-state index in [1.54, 1.807) is 37.6 Å². The maximum absolute atomic E-state index is 12.6. The van der Waals surface area contributed by atoms with Gasteiger partial charge in [-0.2, -0.15) is 0 Å². The molecule has 0 atom stereocenters. The minimum atomic E-state index is -2.61. The van der Waals surface area contributed by atoms with Crippen molar-refractivity contribution in [1.29, 1.82) is 0 Å². The number of alkyl halides is 2. The summed E-state index contributed by atoms with van der Waals surface area (Å²) >= 11 is 0. The first-order chi connectivity index (χ1) is 13.9.